The summed E-state index contributed by atoms with van der Waals surface area (Å²) in [4.78, 5) is 22.6. The van der Waals surface area contributed by atoms with Gasteiger partial charge in [-0.2, -0.15) is 5.10 Å². The van der Waals surface area contributed by atoms with Gasteiger partial charge in [-0.3, -0.25) is 14.8 Å². The molecule has 7 heteroatoms. The first kappa shape index (κ1) is 15.8. The normalized spacial score (nSPS) is 11.5. The van der Waals surface area contributed by atoms with E-state index in [1.54, 1.807) is 39.1 Å². The smallest absolute Gasteiger partial charge is 0.412 e. The maximum Gasteiger partial charge on any atom is 0.412 e. The minimum absolute atomic E-state index is 0.206. The van der Waals surface area contributed by atoms with Gasteiger partial charge in [-0.25, -0.2) is 4.79 Å². The van der Waals surface area contributed by atoms with Crippen molar-refractivity contribution >= 4 is 28.7 Å². The largest absolute Gasteiger partial charge is 0.480 e. The van der Waals surface area contributed by atoms with Crippen LogP contribution >= 0.6 is 0 Å². The third-order valence-electron chi connectivity index (χ3n) is 2.83. The van der Waals surface area contributed by atoms with Gasteiger partial charge in [0.05, 0.1) is 5.52 Å². The highest BCUT2D eigenvalue weighted by Gasteiger charge is 2.17. The molecule has 2 rings (SSSR count). The maximum absolute atomic E-state index is 11.8. The van der Waals surface area contributed by atoms with E-state index in [0.717, 1.165) is 10.9 Å². The highest BCUT2D eigenvalue weighted by Crippen LogP contribution is 2.23. The van der Waals surface area contributed by atoms with Crippen LogP contribution in [-0.2, 0) is 16.1 Å². The summed E-state index contributed by atoms with van der Waals surface area (Å²) in [5.74, 6) is -0.961. The highest BCUT2D eigenvalue weighted by molar-refractivity contribution is 5.91. The molecule has 0 spiro atoms. The first-order valence-electron chi connectivity index (χ1n) is 6.84. The lowest BCUT2D eigenvalue weighted by molar-refractivity contribution is -0.137. The molecule has 1 heterocycles. The number of nitrogens with one attached hydrogen (secondary N) is 1. The van der Waals surface area contributed by atoms with E-state index in [1.165, 1.54) is 4.68 Å². The second kappa shape index (κ2) is 5.67. The number of rotatable bonds is 3. The van der Waals surface area contributed by atoms with Crippen molar-refractivity contribution in [3.05, 3.63) is 23.9 Å². The molecule has 1 amide bonds. The minimum atomic E-state index is -0.961. The molecule has 0 unspecified atom stereocenters. The van der Waals surface area contributed by atoms with Crippen LogP contribution in [0.25, 0.3) is 10.9 Å². The number of carbonyl (C=O) groups excluding carboxylic acids is 1. The van der Waals surface area contributed by atoms with Crippen molar-refractivity contribution in [2.75, 3.05) is 5.32 Å². The number of ether oxygens (including phenoxy) is 1. The fraction of sp³-hybridized carbons (Fsp3) is 0.400. The summed E-state index contributed by atoms with van der Waals surface area (Å²) in [6.45, 7) is 7.00. The Kier molecular flexibility index (Phi) is 4.07. The number of aromatic nitrogens is 2. The average Bonchev–Trinajstić information content (AvgIpc) is 2.67. The predicted octanol–water partition coefficient (Wildman–Crippen LogP) is 2.78. The summed E-state index contributed by atoms with van der Waals surface area (Å²) >= 11 is 0. The summed E-state index contributed by atoms with van der Waals surface area (Å²) in [5, 5.41) is 16.4. The van der Waals surface area contributed by atoms with Crippen molar-refractivity contribution in [1.29, 1.82) is 0 Å². The Morgan fingerprint density at radius 1 is 1.36 bits per heavy atom. The van der Waals surface area contributed by atoms with Crippen LogP contribution in [0.5, 0.6) is 0 Å². The van der Waals surface area contributed by atoms with Crippen molar-refractivity contribution in [2.24, 2.45) is 0 Å². The first-order valence-corrected chi connectivity index (χ1v) is 6.84. The van der Waals surface area contributed by atoms with Crippen molar-refractivity contribution in [3.8, 4) is 0 Å². The molecule has 1 aromatic carbocycles. The van der Waals surface area contributed by atoms with Crippen molar-refractivity contribution in [1.82, 2.24) is 9.78 Å². The molecule has 2 N–H and O–H groups in total. The van der Waals surface area contributed by atoms with E-state index >= 15 is 0 Å². The summed E-state index contributed by atoms with van der Waals surface area (Å²) < 4.78 is 6.57. The molecule has 0 fully saturated rings. The monoisotopic (exact) mass is 305 g/mol. The lowest BCUT2D eigenvalue weighted by Gasteiger charge is -2.20. The summed E-state index contributed by atoms with van der Waals surface area (Å²) in [7, 11) is 0. The number of aryl methyl sites for hydroxylation is 1. The molecule has 2 aromatic rings. The number of fused-ring (bicyclic) bond motifs is 1. The van der Waals surface area contributed by atoms with E-state index in [2.05, 4.69) is 10.4 Å². The lowest BCUT2D eigenvalue weighted by Crippen LogP contribution is -2.27. The Hall–Kier alpha value is -2.57. The molecule has 0 bridgehead atoms. The van der Waals surface area contributed by atoms with E-state index < -0.39 is 17.7 Å². The van der Waals surface area contributed by atoms with Crippen LogP contribution in [0.1, 0.15) is 26.3 Å². The first-order chi connectivity index (χ1) is 10.1. The average molecular weight is 305 g/mol. The Bertz CT molecular complexity index is 728. The van der Waals surface area contributed by atoms with Crippen LogP contribution in [0.3, 0.4) is 0 Å². The van der Waals surface area contributed by atoms with Gasteiger partial charge in [0, 0.05) is 17.3 Å². The number of carboxylic acids is 1. The molecular formula is C15H19N3O4. The van der Waals surface area contributed by atoms with Crippen LogP contribution in [0.15, 0.2) is 18.3 Å². The SMILES string of the molecule is Cc1cc2nn(CC(=O)O)cc2cc1NC(=O)OC(C)(C)C. The number of amides is 1. The molecule has 0 aliphatic heterocycles. The molecule has 1 aromatic heterocycles. The standard InChI is InChI=1S/C15H19N3O4/c1-9-5-12-10(7-18(17-12)8-13(19)20)6-11(9)16-14(21)22-15(2,3)4/h5-7H,8H2,1-4H3,(H,16,21)(H,19,20). The van der Waals surface area contributed by atoms with Gasteiger partial charge < -0.3 is 9.84 Å². The second-order valence-electron chi connectivity index (χ2n) is 6.07. The highest BCUT2D eigenvalue weighted by atomic mass is 16.6. The summed E-state index contributed by atoms with van der Waals surface area (Å²) in [6.07, 6.45) is 1.09. The zero-order valence-corrected chi connectivity index (χ0v) is 13.0. The zero-order chi connectivity index (χ0) is 16.5. The fourth-order valence-corrected chi connectivity index (χ4v) is 2.00. The lowest BCUT2D eigenvalue weighted by atomic mass is 10.1. The molecule has 0 saturated heterocycles. The Morgan fingerprint density at radius 3 is 2.64 bits per heavy atom. The molecule has 0 aliphatic carbocycles. The number of aliphatic carboxylic acids is 1. The van der Waals surface area contributed by atoms with E-state index in [1.807, 2.05) is 6.92 Å². The van der Waals surface area contributed by atoms with Crippen LogP contribution in [-0.4, -0.2) is 32.6 Å². The summed E-state index contributed by atoms with van der Waals surface area (Å²) in [5.41, 5.74) is 1.53. The Labute approximate surface area is 127 Å². The number of carboxylic acid groups (broad SMARTS) is 1. The van der Waals surface area contributed by atoms with Gasteiger partial charge in [-0.1, -0.05) is 0 Å². The van der Waals surface area contributed by atoms with Crippen LogP contribution in [0.2, 0.25) is 0 Å². The van der Waals surface area contributed by atoms with Crippen molar-refractivity contribution < 1.29 is 19.4 Å². The molecule has 0 saturated carbocycles. The van der Waals surface area contributed by atoms with Gasteiger partial charge >= 0.3 is 12.1 Å². The number of hydrogen-bond acceptors (Lipinski definition) is 4. The molecule has 22 heavy (non-hydrogen) atoms. The third kappa shape index (κ3) is 3.97. The quantitative estimate of drug-likeness (QED) is 0.909. The predicted molar refractivity (Wildman–Crippen MR) is 82.0 cm³/mol. The second-order valence-corrected chi connectivity index (χ2v) is 6.07. The maximum atomic E-state index is 11.8. The van der Waals surface area contributed by atoms with Gasteiger partial charge in [0.2, 0.25) is 0 Å². The van der Waals surface area contributed by atoms with E-state index in [4.69, 9.17) is 9.84 Å². The number of benzene rings is 1. The third-order valence-corrected chi connectivity index (χ3v) is 2.83. The van der Waals surface area contributed by atoms with Gasteiger partial charge in [-0.15, -0.1) is 0 Å². The molecular weight excluding hydrogens is 286 g/mol. The van der Waals surface area contributed by atoms with Crippen LogP contribution < -0.4 is 5.32 Å². The van der Waals surface area contributed by atoms with Gasteiger partial charge in [0.1, 0.15) is 12.1 Å². The molecule has 118 valence electrons. The van der Waals surface area contributed by atoms with Gasteiger partial charge in [-0.05, 0) is 45.4 Å². The molecule has 0 atom stereocenters. The number of nitrogens with zero attached hydrogens (tertiary/aromatic N) is 2. The van der Waals surface area contributed by atoms with Crippen molar-refractivity contribution in [2.45, 2.75) is 39.8 Å². The number of carbonyl (C=O) groups is 2. The van der Waals surface area contributed by atoms with E-state index in [-0.39, 0.29) is 6.54 Å². The van der Waals surface area contributed by atoms with Crippen molar-refractivity contribution in [3.63, 3.8) is 0 Å². The van der Waals surface area contributed by atoms with Crippen LogP contribution in [0.4, 0.5) is 10.5 Å². The van der Waals surface area contributed by atoms with E-state index in [9.17, 15) is 9.59 Å². The van der Waals surface area contributed by atoms with Gasteiger partial charge in [0.15, 0.2) is 0 Å². The topological polar surface area (TPSA) is 93.5 Å². The fourth-order valence-electron chi connectivity index (χ4n) is 2.00. The number of anilines is 1. The molecule has 0 radical (unpaired) electrons. The molecule has 7 nitrogen and oxygen atoms in total. The summed E-state index contributed by atoms with van der Waals surface area (Å²) in [6, 6.07) is 3.54. The zero-order valence-electron chi connectivity index (χ0n) is 13.0. The Balaban J connectivity index is 2.25. The van der Waals surface area contributed by atoms with Gasteiger partial charge in [0.25, 0.3) is 0 Å². The van der Waals surface area contributed by atoms with E-state index in [0.29, 0.717) is 11.2 Å². The molecule has 0 aliphatic rings. The van der Waals surface area contributed by atoms with Crippen LogP contribution in [0, 0.1) is 6.92 Å². The Morgan fingerprint density at radius 2 is 2.05 bits per heavy atom. The number of hydrogen-bond donors (Lipinski definition) is 2. The minimum Gasteiger partial charge on any atom is -0.480 e.